The van der Waals surface area contributed by atoms with Crippen LogP contribution in [0.15, 0.2) is 45.7 Å². The Hall–Kier alpha value is -1.96. The van der Waals surface area contributed by atoms with Gasteiger partial charge >= 0.3 is 0 Å². The lowest BCUT2D eigenvalue weighted by Gasteiger charge is -2.33. The first-order valence-electron chi connectivity index (χ1n) is 8.64. The van der Waals surface area contributed by atoms with Gasteiger partial charge in [-0.05, 0) is 43.3 Å². The van der Waals surface area contributed by atoms with Crippen LogP contribution in [-0.4, -0.2) is 54.1 Å². The lowest BCUT2D eigenvalue weighted by Crippen LogP contribution is -2.43. The summed E-state index contributed by atoms with van der Waals surface area (Å²) in [5.74, 6) is 1.55. The first kappa shape index (κ1) is 18.8. The highest BCUT2D eigenvalue weighted by Gasteiger charge is 2.25. The van der Waals surface area contributed by atoms with Gasteiger partial charge in [-0.25, -0.2) is 0 Å². The van der Waals surface area contributed by atoms with E-state index in [1.807, 2.05) is 19.1 Å². The van der Waals surface area contributed by atoms with Gasteiger partial charge in [-0.2, -0.15) is 0 Å². The van der Waals surface area contributed by atoms with Crippen LogP contribution in [0.1, 0.15) is 27.9 Å². The smallest absolute Gasteiger partial charge is 0.251 e. The molecule has 0 spiro atoms. The highest BCUT2D eigenvalue weighted by atomic mass is 32.2. The third kappa shape index (κ3) is 4.60. The third-order valence-electron chi connectivity index (χ3n) is 4.48. The van der Waals surface area contributed by atoms with E-state index in [1.54, 1.807) is 30.5 Å². The SMILES string of the molecule is Cc1ccc(C(CNC(=O)c2ccc(S(C)=O)cc2)N2CCOCC2)o1. The molecular weight excluding hydrogens is 352 g/mol. The van der Waals surface area contributed by atoms with Crippen molar-refractivity contribution in [3.05, 3.63) is 53.5 Å². The van der Waals surface area contributed by atoms with Crippen LogP contribution in [-0.2, 0) is 15.5 Å². The van der Waals surface area contributed by atoms with Crippen LogP contribution in [0.5, 0.6) is 0 Å². The summed E-state index contributed by atoms with van der Waals surface area (Å²) in [5, 5.41) is 3.00. The molecule has 2 atom stereocenters. The first-order valence-corrected chi connectivity index (χ1v) is 10.2. The van der Waals surface area contributed by atoms with Crippen molar-refractivity contribution in [2.75, 3.05) is 39.1 Å². The minimum atomic E-state index is -1.05. The Morgan fingerprint density at radius 3 is 2.46 bits per heavy atom. The molecule has 0 radical (unpaired) electrons. The molecule has 7 heteroatoms. The quantitative estimate of drug-likeness (QED) is 0.836. The highest BCUT2D eigenvalue weighted by molar-refractivity contribution is 7.84. The van der Waals surface area contributed by atoms with E-state index in [4.69, 9.17) is 9.15 Å². The normalized spacial score (nSPS) is 17.6. The van der Waals surface area contributed by atoms with Gasteiger partial charge in [-0.3, -0.25) is 13.9 Å². The number of hydrogen-bond acceptors (Lipinski definition) is 5. The maximum Gasteiger partial charge on any atom is 0.251 e. The number of morpholine rings is 1. The molecule has 0 saturated carbocycles. The molecule has 1 aromatic heterocycles. The van der Waals surface area contributed by atoms with E-state index < -0.39 is 10.8 Å². The lowest BCUT2D eigenvalue weighted by atomic mass is 10.1. The van der Waals surface area contributed by atoms with Crippen molar-refractivity contribution in [2.45, 2.75) is 17.9 Å². The van der Waals surface area contributed by atoms with Crippen LogP contribution < -0.4 is 5.32 Å². The fraction of sp³-hybridized carbons (Fsp3) is 0.421. The second-order valence-electron chi connectivity index (χ2n) is 6.30. The Labute approximate surface area is 156 Å². The monoisotopic (exact) mass is 376 g/mol. The Balaban J connectivity index is 1.68. The summed E-state index contributed by atoms with van der Waals surface area (Å²) in [7, 11) is -1.05. The van der Waals surface area contributed by atoms with Crippen LogP contribution in [0.2, 0.25) is 0 Å². The predicted molar refractivity (Wildman–Crippen MR) is 99.7 cm³/mol. The fourth-order valence-electron chi connectivity index (χ4n) is 3.02. The van der Waals surface area contributed by atoms with E-state index in [2.05, 4.69) is 10.2 Å². The third-order valence-corrected chi connectivity index (χ3v) is 5.42. The zero-order chi connectivity index (χ0) is 18.5. The van der Waals surface area contributed by atoms with E-state index in [9.17, 15) is 9.00 Å². The number of hydrogen-bond donors (Lipinski definition) is 1. The van der Waals surface area contributed by atoms with Crippen LogP contribution in [0, 0.1) is 6.92 Å². The number of rotatable bonds is 6. The van der Waals surface area contributed by atoms with Gasteiger partial charge in [0.15, 0.2) is 0 Å². The number of nitrogens with zero attached hydrogens (tertiary/aromatic N) is 1. The van der Waals surface area contributed by atoms with E-state index in [0.717, 1.165) is 24.6 Å². The van der Waals surface area contributed by atoms with E-state index in [0.29, 0.717) is 30.2 Å². The van der Waals surface area contributed by atoms with Gasteiger partial charge in [-0.1, -0.05) is 0 Å². The average Bonchev–Trinajstić information content (AvgIpc) is 3.09. The van der Waals surface area contributed by atoms with Gasteiger partial charge in [0.05, 0.1) is 19.3 Å². The Kier molecular flexibility index (Phi) is 6.24. The Morgan fingerprint density at radius 1 is 1.19 bits per heavy atom. The zero-order valence-electron chi connectivity index (χ0n) is 15.1. The van der Waals surface area contributed by atoms with E-state index in [1.165, 1.54) is 0 Å². The summed E-state index contributed by atoms with van der Waals surface area (Å²) in [6.45, 7) is 5.33. The van der Waals surface area contributed by atoms with Gasteiger partial charge in [0.2, 0.25) is 0 Å². The topological polar surface area (TPSA) is 71.8 Å². The second-order valence-corrected chi connectivity index (χ2v) is 7.68. The number of aryl methyl sites for hydroxylation is 1. The molecule has 140 valence electrons. The lowest BCUT2D eigenvalue weighted by molar-refractivity contribution is 0.0117. The van der Waals surface area contributed by atoms with Crippen LogP contribution >= 0.6 is 0 Å². The average molecular weight is 376 g/mol. The summed E-state index contributed by atoms with van der Waals surface area (Å²) in [5.41, 5.74) is 0.551. The van der Waals surface area contributed by atoms with Crippen molar-refractivity contribution in [1.29, 1.82) is 0 Å². The van der Waals surface area contributed by atoms with Crippen molar-refractivity contribution >= 4 is 16.7 Å². The molecule has 2 heterocycles. The molecule has 1 saturated heterocycles. The van der Waals surface area contributed by atoms with Crippen molar-refractivity contribution in [3.63, 3.8) is 0 Å². The fourth-order valence-corrected chi connectivity index (χ4v) is 3.54. The Bertz CT molecular complexity index is 766. The van der Waals surface area contributed by atoms with Crippen molar-refractivity contribution in [2.24, 2.45) is 0 Å². The van der Waals surface area contributed by atoms with Crippen LogP contribution in [0.25, 0.3) is 0 Å². The maximum atomic E-state index is 12.5. The van der Waals surface area contributed by atoms with E-state index >= 15 is 0 Å². The van der Waals surface area contributed by atoms with Crippen molar-refractivity contribution in [1.82, 2.24) is 10.2 Å². The summed E-state index contributed by atoms with van der Waals surface area (Å²) in [6.07, 6.45) is 1.62. The standard InChI is InChI=1S/C19H24N2O4S/c1-14-3-8-18(25-14)17(21-9-11-24-12-10-21)13-20-19(22)15-4-6-16(7-5-15)26(2)23/h3-8,17H,9-13H2,1-2H3,(H,20,22). The van der Waals surface area contributed by atoms with Crippen LogP contribution in [0.4, 0.5) is 0 Å². The number of carbonyl (C=O) groups is 1. The van der Waals surface area contributed by atoms with Gasteiger partial charge in [-0.15, -0.1) is 0 Å². The number of carbonyl (C=O) groups excluding carboxylic acids is 1. The molecule has 1 fully saturated rings. The zero-order valence-corrected chi connectivity index (χ0v) is 15.9. The van der Waals surface area contributed by atoms with Crippen molar-refractivity contribution < 1.29 is 18.2 Å². The molecule has 2 aromatic rings. The maximum absolute atomic E-state index is 12.5. The van der Waals surface area contributed by atoms with Gasteiger partial charge in [0, 0.05) is 47.1 Å². The number of amides is 1. The number of ether oxygens (including phenoxy) is 1. The van der Waals surface area contributed by atoms with Gasteiger partial charge in [0.25, 0.3) is 5.91 Å². The second kappa shape index (κ2) is 8.62. The molecule has 26 heavy (non-hydrogen) atoms. The molecule has 1 aliphatic rings. The molecule has 1 aliphatic heterocycles. The summed E-state index contributed by atoms with van der Waals surface area (Å²) in [6, 6.07) is 10.7. The number of nitrogens with one attached hydrogen (secondary N) is 1. The molecule has 3 rings (SSSR count). The Morgan fingerprint density at radius 2 is 1.88 bits per heavy atom. The highest BCUT2D eigenvalue weighted by Crippen LogP contribution is 2.23. The first-order chi connectivity index (χ1) is 12.5. The minimum absolute atomic E-state index is 0.0287. The molecule has 0 aliphatic carbocycles. The molecular formula is C19H24N2O4S. The number of furan rings is 1. The summed E-state index contributed by atoms with van der Waals surface area (Å²) in [4.78, 5) is 15.5. The molecule has 6 nitrogen and oxygen atoms in total. The van der Waals surface area contributed by atoms with E-state index in [-0.39, 0.29) is 11.9 Å². The largest absolute Gasteiger partial charge is 0.465 e. The predicted octanol–water partition coefficient (Wildman–Crippen LogP) is 2.13. The number of benzene rings is 1. The summed E-state index contributed by atoms with van der Waals surface area (Å²) < 4.78 is 22.7. The summed E-state index contributed by atoms with van der Waals surface area (Å²) >= 11 is 0. The molecule has 0 bridgehead atoms. The van der Waals surface area contributed by atoms with Gasteiger partial charge in [0.1, 0.15) is 11.5 Å². The molecule has 1 aromatic carbocycles. The minimum Gasteiger partial charge on any atom is -0.465 e. The molecule has 1 N–H and O–H groups in total. The van der Waals surface area contributed by atoms with Crippen molar-refractivity contribution in [3.8, 4) is 0 Å². The molecule has 1 amide bonds. The van der Waals surface area contributed by atoms with Crippen LogP contribution in [0.3, 0.4) is 0 Å². The molecule has 2 unspecified atom stereocenters. The van der Waals surface area contributed by atoms with Gasteiger partial charge < -0.3 is 14.5 Å².